The average molecular weight is 216 g/mol. The summed E-state index contributed by atoms with van der Waals surface area (Å²) in [6.07, 6.45) is 2.69. The van der Waals surface area contributed by atoms with Gasteiger partial charge in [0.05, 0.1) is 13.6 Å². The highest BCUT2D eigenvalue weighted by Crippen LogP contribution is 2.56. The van der Waals surface area contributed by atoms with Gasteiger partial charge in [-0.15, -0.1) is 0 Å². The normalized spacial score (nSPS) is 35.8. The molecule has 1 nitrogen and oxygen atoms in total. The van der Waals surface area contributed by atoms with E-state index < -0.39 is 0 Å². The van der Waals surface area contributed by atoms with Crippen molar-refractivity contribution < 1.29 is 4.48 Å². The summed E-state index contributed by atoms with van der Waals surface area (Å²) >= 11 is 0. The number of benzene rings is 1. The van der Waals surface area contributed by atoms with Crippen molar-refractivity contribution in [2.24, 2.45) is 5.92 Å². The minimum Gasteiger partial charge on any atom is -0.307 e. The predicted octanol–water partition coefficient (Wildman–Crippen LogP) is 3.16. The Kier molecular flexibility index (Phi) is 2.16. The van der Waals surface area contributed by atoms with Crippen LogP contribution in [-0.4, -0.2) is 24.1 Å². The van der Waals surface area contributed by atoms with Gasteiger partial charge in [0.15, 0.2) is 6.04 Å². The Bertz CT molecular complexity index is 410. The van der Waals surface area contributed by atoms with Crippen LogP contribution in [-0.2, 0) is 6.42 Å². The first-order valence-electron chi connectivity index (χ1n) is 6.55. The topological polar surface area (TPSA) is 0 Å². The zero-order valence-electron chi connectivity index (χ0n) is 10.6. The third-order valence-corrected chi connectivity index (χ3v) is 4.51. The summed E-state index contributed by atoms with van der Waals surface area (Å²) in [6, 6.07) is 10.8. The monoisotopic (exact) mass is 216 g/mol. The molecule has 1 unspecified atom stereocenters. The molecule has 0 bridgehead atoms. The van der Waals surface area contributed by atoms with Gasteiger partial charge >= 0.3 is 0 Å². The third-order valence-electron chi connectivity index (χ3n) is 4.51. The fourth-order valence-corrected chi connectivity index (χ4v) is 3.94. The van der Waals surface area contributed by atoms with Crippen molar-refractivity contribution in [2.75, 3.05) is 13.6 Å². The molecule has 0 spiro atoms. The van der Waals surface area contributed by atoms with Crippen molar-refractivity contribution in [3.05, 3.63) is 35.4 Å². The first-order valence-corrected chi connectivity index (χ1v) is 6.55. The summed E-state index contributed by atoms with van der Waals surface area (Å²) < 4.78 is 1.30. The van der Waals surface area contributed by atoms with E-state index in [0.29, 0.717) is 0 Å². The average Bonchev–Trinajstić information content (AvgIpc) is 2.83. The van der Waals surface area contributed by atoms with Crippen LogP contribution in [0.5, 0.6) is 0 Å². The summed E-state index contributed by atoms with van der Waals surface area (Å²) in [7, 11) is 2.46. The van der Waals surface area contributed by atoms with Crippen molar-refractivity contribution in [1.82, 2.24) is 0 Å². The summed E-state index contributed by atoms with van der Waals surface area (Å²) in [5.41, 5.74) is 3.25. The molecule has 1 aromatic carbocycles. The van der Waals surface area contributed by atoms with Crippen LogP contribution in [0.2, 0.25) is 0 Å². The zero-order chi connectivity index (χ0) is 11.3. The van der Waals surface area contributed by atoms with Gasteiger partial charge < -0.3 is 4.48 Å². The standard InChI is InChI=1S/C15H22N/c1-11(2)10-16(3)14-9-8-12-6-4-5-7-13(12)15(14)16/h4-7,11,14-15H,8-10H2,1-3H3/q+1/t14-,15+,16?/m0/s1. The summed E-state index contributed by atoms with van der Waals surface area (Å²) in [4.78, 5) is 0. The van der Waals surface area contributed by atoms with Crippen LogP contribution in [0.4, 0.5) is 0 Å². The summed E-state index contributed by atoms with van der Waals surface area (Å²) in [6.45, 7) is 6.03. The van der Waals surface area contributed by atoms with Crippen LogP contribution < -0.4 is 0 Å². The maximum absolute atomic E-state index is 2.46. The number of fused-ring (bicyclic) bond motifs is 3. The van der Waals surface area contributed by atoms with Gasteiger partial charge in [0.1, 0.15) is 6.04 Å². The molecule has 1 fully saturated rings. The Morgan fingerprint density at radius 1 is 1.31 bits per heavy atom. The van der Waals surface area contributed by atoms with Crippen LogP contribution in [0.3, 0.4) is 0 Å². The van der Waals surface area contributed by atoms with Crippen LogP contribution in [0.15, 0.2) is 24.3 Å². The first kappa shape index (κ1) is 10.3. The van der Waals surface area contributed by atoms with E-state index in [1.807, 2.05) is 0 Å². The number of quaternary nitrogens is 1. The highest BCUT2D eigenvalue weighted by molar-refractivity contribution is 5.35. The lowest BCUT2D eigenvalue weighted by Crippen LogP contribution is -2.28. The van der Waals surface area contributed by atoms with Gasteiger partial charge in [0.25, 0.3) is 0 Å². The number of hydrogen-bond donors (Lipinski definition) is 0. The van der Waals surface area contributed by atoms with Gasteiger partial charge in [-0.05, 0) is 12.0 Å². The number of hydrogen-bond acceptors (Lipinski definition) is 0. The number of rotatable bonds is 2. The molecule has 0 radical (unpaired) electrons. The second-order valence-electron chi connectivity index (χ2n) is 6.17. The molecule has 0 N–H and O–H groups in total. The van der Waals surface area contributed by atoms with Gasteiger partial charge in [-0.1, -0.05) is 38.1 Å². The highest BCUT2D eigenvalue weighted by atomic mass is 15.5. The quantitative estimate of drug-likeness (QED) is 0.526. The lowest BCUT2D eigenvalue weighted by atomic mass is 9.92. The lowest BCUT2D eigenvalue weighted by molar-refractivity contribution is -0.812. The van der Waals surface area contributed by atoms with E-state index in [9.17, 15) is 0 Å². The SMILES string of the molecule is CC(C)C[N+]1(C)[C@@H]2c3ccccc3CC[C@@H]21. The van der Waals surface area contributed by atoms with Gasteiger partial charge in [-0.3, -0.25) is 0 Å². The second kappa shape index (κ2) is 3.33. The molecule has 1 aliphatic carbocycles. The molecule has 2 aliphatic rings. The van der Waals surface area contributed by atoms with Gasteiger partial charge in [-0.2, -0.15) is 0 Å². The van der Waals surface area contributed by atoms with E-state index in [1.54, 1.807) is 11.1 Å². The molecule has 1 heteroatoms. The molecule has 16 heavy (non-hydrogen) atoms. The Hall–Kier alpha value is -0.820. The molecular formula is C15H22N+. The Morgan fingerprint density at radius 3 is 2.81 bits per heavy atom. The van der Waals surface area contributed by atoms with Gasteiger partial charge in [0, 0.05) is 17.9 Å². The van der Waals surface area contributed by atoms with Crippen LogP contribution >= 0.6 is 0 Å². The number of likely N-dealkylation sites (N-methyl/N-ethyl adjacent to an activating group) is 1. The molecule has 1 heterocycles. The lowest BCUT2D eigenvalue weighted by Gasteiger charge is -2.17. The molecule has 0 saturated carbocycles. The molecule has 1 aliphatic heterocycles. The molecular weight excluding hydrogens is 194 g/mol. The smallest absolute Gasteiger partial charge is 0.168 e. The van der Waals surface area contributed by atoms with E-state index in [2.05, 4.69) is 45.2 Å². The van der Waals surface area contributed by atoms with Crippen molar-refractivity contribution in [2.45, 2.75) is 38.8 Å². The molecule has 1 saturated heterocycles. The minimum atomic E-state index is 0.808. The molecule has 1 aromatic rings. The van der Waals surface area contributed by atoms with E-state index in [0.717, 1.165) is 18.0 Å². The maximum atomic E-state index is 2.46. The van der Waals surface area contributed by atoms with Crippen molar-refractivity contribution in [1.29, 1.82) is 0 Å². The molecule has 3 rings (SSSR count). The van der Waals surface area contributed by atoms with Gasteiger partial charge in [0.2, 0.25) is 0 Å². The van der Waals surface area contributed by atoms with Crippen LogP contribution in [0, 0.1) is 5.92 Å². The number of aryl methyl sites for hydroxylation is 1. The third kappa shape index (κ3) is 1.34. The van der Waals surface area contributed by atoms with E-state index >= 15 is 0 Å². The molecule has 86 valence electrons. The van der Waals surface area contributed by atoms with E-state index in [1.165, 1.54) is 23.9 Å². The Morgan fingerprint density at radius 2 is 2.06 bits per heavy atom. The summed E-state index contributed by atoms with van der Waals surface area (Å²) in [5.74, 6) is 0.808. The van der Waals surface area contributed by atoms with Gasteiger partial charge in [-0.25, -0.2) is 0 Å². The molecule has 3 atom stereocenters. The largest absolute Gasteiger partial charge is 0.307 e. The van der Waals surface area contributed by atoms with Crippen molar-refractivity contribution >= 4 is 0 Å². The first-order chi connectivity index (χ1) is 7.63. The van der Waals surface area contributed by atoms with Crippen LogP contribution in [0.1, 0.15) is 37.4 Å². The fourth-order valence-electron chi connectivity index (χ4n) is 3.94. The van der Waals surface area contributed by atoms with Crippen molar-refractivity contribution in [3.8, 4) is 0 Å². The highest BCUT2D eigenvalue weighted by Gasteiger charge is 2.65. The Balaban J connectivity index is 1.92. The number of nitrogens with zero attached hydrogens (tertiary/aromatic N) is 1. The van der Waals surface area contributed by atoms with E-state index in [4.69, 9.17) is 0 Å². The Labute approximate surface area is 98.7 Å². The van der Waals surface area contributed by atoms with Crippen LogP contribution in [0.25, 0.3) is 0 Å². The molecule has 0 aromatic heterocycles. The predicted molar refractivity (Wildman–Crippen MR) is 67.2 cm³/mol. The minimum absolute atomic E-state index is 0.808. The van der Waals surface area contributed by atoms with E-state index in [-0.39, 0.29) is 0 Å². The second-order valence-corrected chi connectivity index (χ2v) is 6.17. The molecule has 0 amide bonds. The fraction of sp³-hybridized carbons (Fsp3) is 0.600. The zero-order valence-corrected chi connectivity index (χ0v) is 10.6. The summed E-state index contributed by atoms with van der Waals surface area (Å²) in [5, 5.41) is 0. The maximum Gasteiger partial charge on any atom is 0.168 e. The van der Waals surface area contributed by atoms with Crippen molar-refractivity contribution in [3.63, 3.8) is 0 Å².